The third-order valence-corrected chi connectivity index (χ3v) is 3.24. The Kier molecular flexibility index (Phi) is 8.14. The van der Waals surface area contributed by atoms with Gasteiger partial charge in [-0.3, -0.25) is 4.79 Å². The molecule has 0 aromatic carbocycles. The molecule has 7 heteroatoms. The van der Waals surface area contributed by atoms with Crippen LogP contribution < -0.4 is 10.0 Å². The Morgan fingerprint density at radius 3 is 2.50 bits per heavy atom. The van der Waals surface area contributed by atoms with E-state index in [9.17, 15) is 13.2 Å². The first-order valence-electron chi connectivity index (χ1n) is 5.26. The maximum atomic E-state index is 11.3. The third-order valence-electron chi connectivity index (χ3n) is 1.85. The zero-order chi connectivity index (χ0) is 12.4. The molecule has 0 spiro atoms. The quantitative estimate of drug-likeness (QED) is 0.425. The molecule has 0 heterocycles. The molecule has 0 saturated heterocycles. The topological polar surface area (TPSA) is 84.5 Å². The number of carbonyl (C=O) groups excluding carboxylic acids is 1. The van der Waals surface area contributed by atoms with Gasteiger partial charge in [-0.15, -0.1) is 0 Å². The normalized spacial score (nSPS) is 11.4. The highest BCUT2D eigenvalue weighted by molar-refractivity contribution is 7.89. The Labute approximate surface area is 96.8 Å². The van der Waals surface area contributed by atoms with E-state index in [2.05, 4.69) is 14.8 Å². The molecule has 0 unspecified atom stereocenters. The van der Waals surface area contributed by atoms with E-state index < -0.39 is 16.0 Å². The summed E-state index contributed by atoms with van der Waals surface area (Å²) in [6.07, 6.45) is 0.892. The lowest BCUT2D eigenvalue weighted by molar-refractivity contribution is -0.140. The first-order valence-corrected chi connectivity index (χ1v) is 6.92. The third kappa shape index (κ3) is 8.63. The summed E-state index contributed by atoms with van der Waals surface area (Å²) in [4.78, 5) is 10.7. The van der Waals surface area contributed by atoms with Crippen molar-refractivity contribution in [2.24, 2.45) is 0 Å². The molecule has 0 aliphatic rings. The first-order chi connectivity index (χ1) is 7.52. The highest BCUT2D eigenvalue weighted by Crippen LogP contribution is 1.91. The summed E-state index contributed by atoms with van der Waals surface area (Å²) in [5.74, 6) is -0.748. The van der Waals surface area contributed by atoms with E-state index in [1.54, 1.807) is 0 Å². The van der Waals surface area contributed by atoms with Gasteiger partial charge in [0.15, 0.2) is 0 Å². The number of rotatable bonds is 9. The van der Waals surface area contributed by atoms with E-state index in [1.807, 2.05) is 6.92 Å². The summed E-state index contributed by atoms with van der Waals surface area (Å²) >= 11 is 0. The number of hydrogen-bond acceptors (Lipinski definition) is 5. The molecule has 0 amide bonds. The number of methoxy groups -OCH3 is 1. The molecule has 0 aromatic heterocycles. The van der Waals surface area contributed by atoms with Gasteiger partial charge in [-0.05, 0) is 13.0 Å². The van der Waals surface area contributed by atoms with E-state index in [0.29, 0.717) is 13.1 Å². The lowest BCUT2D eigenvalue weighted by Gasteiger charge is -2.06. The van der Waals surface area contributed by atoms with Crippen LogP contribution >= 0.6 is 0 Å². The monoisotopic (exact) mass is 252 g/mol. The zero-order valence-corrected chi connectivity index (χ0v) is 10.6. The summed E-state index contributed by atoms with van der Waals surface area (Å²) in [5, 5.41) is 3.07. The summed E-state index contributed by atoms with van der Waals surface area (Å²) in [7, 11) is -2.13. The highest BCUT2D eigenvalue weighted by atomic mass is 32.2. The van der Waals surface area contributed by atoms with Gasteiger partial charge in [0.1, 0.15) is 0 Å². The van der Waals surface area contributed by atoms with Crippen molar-refractivity contribution < 1.29 is 17.9 Å². The maximum Gasteiger partial charge on any atom is 0.306 e. The minimum absolute atomic E-state index is 0.117. The van der Waals surface area contributed by atoms with Crippen LogP contribution in [0.4, 0.5) is 0 Å². The number of carbonyl (C=O) groups is 1. The molecule has 0 radical (unpaired) electrons. The van der Waals surface area contributed by atoms with Crippen molar-refractivity contribution in [1.82, 2.24) is 10.0 Å². The molecule has 96 valence electrons. The van der Waals surface area contributed by atoms with E-state index in [1.165, 1.54) is 7.11 Å². The van der Waals surface area contributed by atoms with Crippen LogP contribution in [-0.2, 0) is 19.6 Å². The molecule has 0 rings (SSSR count). The largest absolute Gasteiger partial charge is 0.469 e. The van der Waals surface area contributed by atoms with E-state index in [4.69, 9.17) is 0 Å². The SMILES string of the molecule is CCCNCCNS(=O)(=O)CCC(=O)OC. The molecule has 0 aliphatic heterocycles. The molecule has 0 aliphatic carbocycles. The second-order valence-electron chi connectivity index (χ2n) is 3.29. The number of hydrogen-bond donors (Lipinski definition) is 2. The number of ether oxygens (including phenoxy) is 1. The summed E-state index contributed by atoms with van der Waals surface area (Å²) in [5.41, 5.74) is 0. The van der Waals surface area contributed by atoms with Crippen molar-refractivity contribution in [1.29, 1.82) is 0 Å². The smallest absolute Gasteiger partial charge is 0.306 e. The van der Waals surface area contributed by atoms with E-state index >= 15 is 0 Å². The number of sulfonamides is 1. The molecular weight excluding hydrogens is 232 g/mol. The van der Waals surface area contributed by atoms with Gasteiger partial charge in [0.05, 0.1) is 19.3 Å². The number of nitrogens with one attached hydrogen (secondary N) is 2. The van der Waals surface area contributed by atoms with Crippen LogP contribution in [0.25, 0.3) is 0 Å². The minimum atomic E-state index is -3.36. The van der Waals surface area contributed by atoms with Crippen LogP contribution in [-0.4, -0.2) is 46.9 Å². The van der Waals surface area contributed by atoms with Crippen LogP contribution in [0.2, 0.25) is 0 Å². The molecule has 2 N–H and O–H groups in total. The number of esters is 1. The minimum Gasteiger partial charge on any atom is -0.469 e. The maximum absolute atomic E-state index is 11.3. The van der Waals surface area contributed by atoms with Gasteiger partial charge in [0.2, 0.25) is 10.0 Å². The fourth-order valence-corrected chi connectivity index (χ4v) is 1.98. The second kappa shape index (κ2) is 8.49. The van der Waals surface area contributed by atoms with Gasteiger partial charge in [0.25, 0.3) is 0 Å². The van der Waals surface area contributed by atoms with Crippen LogP contribution in [0.3, 0.4) is 0 Å². The average Bonchev–Trinajstić information content (AvgIpc) is 2.25. The predicted octanol–water partition coefficient (Wildman–Crippen LogP) is -0.531. The Morgan fingerprint density at radius 1 is 1.25 bits per heavy atom. The fraction of sp³-hybridized carbons (Fsp3) is 0.889. The fourth-order valence-electron chi connectivity index (χ4n) is 0.989. The standard InChI is InChI=1S/C9H20N2O4S/c1-3-5-10-6-7-11-16(13,14)8-4-9(12)15-2/h10-11H,3-8H2,1-2H3. The lowest BCUT2D eigenvalue weighted by atomic mass is 10.5. The Morgan fingerprint density at radius 2 is 1.94 bits per heavy atom. The van der Waals surface area contributed by atoms with Crippen LogP contribution in [0, 0.1) is 0 Å². The second-order valence-corrected chi connectivity index (χ2v) is 5.22. The summed E-state index contributed by atoms with van der Waals surface area (Å²) < 4.78 is 29.4. The first kappa shape index (κ1) is 15.3. The molecule has 6 nitrogen and oxygen atoms in total. The van der Waals surface area contributed by atoms with Crippen LogP contribution in [0.15, 0.2) is 0 Å². The van der Waals surface area contributed by atoms with Gasteiger partial charge >= 0.3 is 5.97 Å². The van der Waals surface area contributed by atoms with E-state index in [0.717, 1.165) is 13.0 Å². The molecule has 16 heavy (non-hydrogen) atoms. The van der Waals surface area contributed by atoms with Crippen molar-refractivity contribution in [3.05, 3.63) is 0 Å². The Hall–Kier alpha value is -0.660. The van der Waals surface area contributed by atoms with Gasteiger partial charge < -0.3 is 10.1 Å². The van der Waals surface area contributed by atoms with Gasteiger partial charge in [0, 0.05) is 13.1 Å². The van der Waals surface area contributed by atoms with Crippen molar-refractivity contribution >= 4 is 16.0 Å². The van der Waals surface area contributed by atoms with Crippen LogP contribution in [0.1, 0.15) is 19.8 Å². The average molecular weight is 252 g/mol. The zero-order valence-electron chi connectivity index (χ0n) is 9.78. The van der Waals surface area contributed by atoms with Crippen molar-refractivity contribution in [3.63, 3.8) is 0 Å². The van der Waals surface area contributed by atoms with Crippen LogP contribution in [0.5, 0.6) is 0 Å². The molecule has 0 atom stereocenters. The molecule has 0 fully saturated rings. The summed E-state index contributed by atoms with van der Waals surface area (Å²) in [6, 6.07) is 0. The summed E-state index contributed by atoms with van der Waals surface area (Å²) in [6.45, 7) is 3.83. The van der Waals surface area contributed by atoms with Crippen molar-refractivity contribution in [2.45, 2.75) is 19.8 Å². The predicted molar refractivity (Wildman–Crippen MR) is 61.6 cm³/mol. The van der Waals surface area contributed by atoms with Crippen molar-refractivity contribution in [2.75, 3.05) is 32.5 Å². The lowest BCUT2D eigenvalue weighted by Crippen LogP contribution is -2.34. The molecule has 0 bridgehead atoms. The Balaban J connectivity index is 3.67. The van der Waals surface area contributed by atoms with Gasteiger partial charge in [-0.1, -0.05) is 6.92 Å². The van der Waals surface area contributed by atoms with Crippen molar-refractivity contribution in [3.8, 4) is 0 Å². The molecule has 0 saturated carbocycles. The van der Waals surface area contributed by atoms with E-state index in [-0.39, 0.29) is 12.2 Å². The highest BCUT2D eigenvalue weighted by Gasteiger charge is 2.12. The molecular formula is C9H20N2O4S. The molecule has 0 aromatic rings. The van der Waals surface area contributed by atoms with Gasteiger partial charge in [-0.25, -0.2) is 13.1 Å². The Bertz CT molecular complexity index is 290. The van der Waals surface area contributed by atoms with Gasteiger partial charge in [-0.2, -0.15) is 0 Å².